The summed E-state index contributed by atoms with van der Waals surface area (Å²) in [4.78, 5) is 25.3. The first-order chi connectivity index (χ1) is 14.5. The summed E-state index contributed by atoms with van der Waals surface area (Å²) in [6.07, 6.45) is 5.84. The smallest absolute Gasteiger partial charge is 0.407 e. The third-order valence-corrected chi connectivity index (χ3v) is 6.27. The molecule has 2 amide bonds. The number of aromatic amines is 1. The standard InChI is InChI=1S/C20H28N6O4/c1-30-9-8-26-17(4-6-21-26)19(27)22-18-12-16(23-24-18)14-3-2-13(10-14)11-15-5-7-25(15)20(28)29/h4,6,12-15H,2-3,5,7-11H2,1H3,(H,28,29)(H2,22,23,24,27)/t13?,14?,15-/m0/s1. The van der Waals surface area contributed by atoms with Crippen molar-refractivity contribution >= 4 is 17.8 Å². The Kier molecular flexibility index (Phi) is 6.03. The maximum atomic E-state index is 12.6. The van der Waals surface area contributed by atoms with Gasteiger partial charge in [-0.1, -0.05) is 0 Å². The van der Waals surface area contributed by atoms with Crippen LogP contribution in [0.2, 0.25) is 0 Å². The first-order valence-corrected chi connectivity index (χ1v) is 10.4. The fourth-order valence-corrected chi connectivity index (χ4v) is 4.57. The van der Waals surface area contributed by atoms with Crippen molar-refractivity contribution < 1.29 is 19.4 Å². The largest absolute Gasteiger partial charge is 0.465 e. The molecule has 1 aliphatic carbocycles. The summed E-state index contributed by atoms with van der Waals surface area (Å²) in [6, 6.07) is 3.74. The molecule has 2 fully saturated rings. The lowest BCUT2D eigenvalue weighted by molar-refractivity contribution is 0.0636. The van der Waals surface area contributed by atoms with Crippen LogP contribution in [0.4, 0.5) is 10.6 Å². The Morgan fingerprint density at radius 1 is 1.37 bits per heavy atom. The minimum Gasteiger partial charge on any atom is -0.465 e. The third-order valence-electron chi connectivity index (χ3n) is 6.27. The molecular weight excluding hydrogens is 388 g/mol. The molecule has 1 aliphatic heterocycles. The average molecular weight is 416 g/mol. The zero-order valence-corrected chi connectivity index (χ0v) is 17.1. The van der Waals surface area contributed by atoms with E-state index in [1.165, 1.54) is 0 Å². The molecule has 0 radical (unpaired) electrons. The number of hydrogen-bond acceptors (Lipinski definition) is 5. The van der Waals surface area contributed by atoms with E-state index in [4.69, 9.17) is 4.74 Å². The highest BCUT2D eigenvalue weighted by atomic mass is 16.5. The summed E-state index contributed by atoms with van der Waals surface area (Å²) in [5.74, 6) is 1.12. The van der Waals surface area contributed by atoms with E-state index < -0.39 is 6.09 Å². The number of carboxylic acid groups (broad SMARTS) is 1. The lowest BCUT2D eigenvalue weighted by Crippen LogP contribution is -2.51. The highest BCUT2D eigenvalue weighted by Crippen LogP contribution is 2.41. The first kappa shape index (κ1) is 20.4. The molecule has 2 aliphatic rings. The van der Waals surface area contributed by atoms with Gasteiger partial charge in [-0.05, 0) is 44.1 Å². The number of nitrogens with zero attached hydrogens (tertiary/aromatic N) is 4. The Labute approximate surface area is 174 Å². The van der Waals surface area contributed by atoms with Crippen LogP contribution in [0.3, 0.4) is 0 Å². The SMILES string of the molecule is COCCn1nccc1C(=O)Nc1cc(C2CCC(C[C@@H]3CCN3C(=O)O)C2)[nH]n1. The van der Waals surface area contributed by atoms with Crippen molar-refractivity contribution in [3.63, 3.8) is 0 Å². The Morgan fingerprint density at radius 3 is 2.97 bits per heavy atom. The highest BCUT2D eigenvalue weighted by molar-refractivity contribution is 6.02. The lowest BCUT2D eigenvalue weighted by Gasteiger charge is -2.40. The molecule has 3 atom stereocenters. The van der Waals surface area contributed by atoms with Gasteiger partial charge in [-0.25, -0.2) is 4.79 Å². The van der Waals surface area contributed by atoms with E-state index in [1.54, 1.807) is 29.0 Å². The van der Waals surface area contributed by atoms with Gasteiger partial charge in [0, 0.05) is 43.6 Å². The van der Waals surface area contributed by atoms with Crippen molar-refractivity contribution in [3.8, 4) is 0 Å². The molecule has 30 heavy (non-hydrogen) atoms. The molecule has 2 unspecified atom stereocenters. The maximum Gasteiger partial charge on any atom is 0.407 e. The molecule has 0 aromatic carbocycles. The number of likely N-dealkylation sites (tertiary alicyclic amines) is 1. The van der Waals surface area contributed by atoms with Gasteiger partial charge in [0.05, 0.1) is 13.2 Å². The Balaban J connectivity index is 1.31. The number of carbonyl (C=O) groups is 2. The topological polar surface area (TPSA) is 125 Å². The van der Waals surface area contributed by atoms with Crippen molar-refractivity contribution in [1.82, 2.24) is 24.9 Å². The second-order valence-electron chi connectivity index (χ2n) is 8.13. The quantitative estimate of drug-likeness (QED) is 0.607. The molecule has 4 rings (SSSR count). The minimum atomic E-state index is -0.807. The van der Waals surface area contributed by atoms with Crippen LogP contribution in [0.5, 0.6) is 0 Å². The number of methoxy groups -OCH3 is 1. The van der Waals surface area contributed by atoms with Crippen LogP contribution in [0.25, 0.3) is 0 Å². The lowest BCUT2D eigenvalue weighted by atomic mass is 9.90. The number of carbonyl (C=O) groups excluding carboxylic acids is 1. The minimum absolute atomic E-state index is 0.172. The molecule has 3 N–H and O–H groups in total. The van der Waals surface area contributed by atoms with Gasteiger partial charge in [-0.2, -0.15) is 10.2 Å². The van der Waals surface area contributed by atoms with Crippen molar-refractivity contribution in [2.75, 3.05) is 25.6 Å². The Hall–Kier alpha value is -2.88. The fraction of sp³-hybridized carbons (Fsp3) is 0.600. The fourth-order valence-electron chi connectivity index (χ4n) is 4.57. The first-order valence-electron chi connectivity index (χ1n) is 10.4. The number of nitrogens with one attached hydrogen (secondary N) is 2. The predicted molar refractivity (Wildman–Crippen MR) is 108 cm³/mol. The molecule has 0 bridgehead atoms. The molecule has 3 heterocycles. The molecule has 10 nitrogen and oxygen atoms in total. The van der Waals surface area contributed by atoms with Crippen LogP contribution in [-0.4, -0.2) is 68.3 Å². The van der Waals surface area contributed by atoms with Crippen molar-refractivity contribution in [3.05, 3.63) is 29.7 Å². The van der Waals surface area contributed by atoms with Crippen molar-refractivity contribution in [2.24, 2.45) is 5.92 Å². The second kappa shape index (κ2) is 8.86. The highest BCUT2D eigenvalue weighted by Gasteiger charge is 2.36. The molecule has 0 spiro atoms. The van der Waals surface area contributed by atoms with Crippen LogP contribution in [0, 0.1) is 5.92 Å². The molecule has 2 aromatic heterocycles. The number of anilines is 1. The van der Waals surface area contributed by atoms with Crippen LogP contribution in [-0.2, 0) is 11.3 Å². The van der Waals surface area contributed by atoms with E-state index in [0.717, 1.165) is 37.8 Å². The zero-order valence-electron chi connectivity index (χ0n) is 17.1. The number of rotatable bonds is 8. The molecule has 162 valence electrons. The monoisotopic (exact) mass is 416 g/mol. The Bertz CT molecular complexity index is 893. The average Bonchev–Trinajstić information content (AvgIpc) is 3.43. The number of ether oxygens (including phenoxy) is 1. The third kappa shape index (κ3) is 4.33. The number of H-pyrrole nitrogens is 1. The normalized spacial score (nSPS) is 23.4. The van der Waals surface area contributed by atoms with E-state index in [0.29, 0.717) is 43.0 Å². The van der Waals surface area contributed by atoms with Crippen molar-refractivity contribution in [2.45, 2.75) is 50.6 Å². The molecule has 1 saturated carbocycles. The molecular formula is C20H28N6O4. The van der Waals surface area contributed by atoms with Gasteiger partial charge in [0.25, 0.3) is 5.91 Å². The van der Waals surface area contributed by atoms with Gasteiger partial charge in [0.1, 0.15) is 5.69 Å². The van der Waals surface area contributed by atoms with Gasteiger partial charge >= 0.3 is 6.09 Å². The van der Waals surface area contributed by atoms with Crippen LogP contribution >= 0.6 is 0 Å². The maximum absolute atomic E-state index is 12.6. The van der Waals surface area contributed by atoms with Gasteiger partial charge in [0.15, 0.2) is 5.82 Å². The number of aromatic nitrogens is 4. The molecule has 1 saturated heterocycles. The number of hydrogen-bond donors (Lipinski definition) is 3. The molecule has 10 heteroatoms. The van der Waals surface area contributed by atoms with Gasteiger partial charge in [-0.15, -0.1) is 0 Å². The van der Waals surface area contributed by atoms with Gasteiger partial charge in [0.2, 0.25) is 0 Å². The summed E-state index contributed by atoms with van der Waals surface area (Å²) >= 11 is 0. The van der Waals surface area contributed by atoms with E-state index >= 15 is 0 Å². The van der Waals surface area contributed by atoms with E-state index in [2.05, 4.69) is 20.6 Å². The van der Waals surface area contributed by atoms with Crippen LogP contribution in [0.15, 0.2) is 18.3 Å². The summed E-state index contributed by atoms with van der Waals surface area (Å²) < 4.78 is 6.65. The van der Waals surface area contributed by atoms with Gasteiger partial charge < -0.3 is 20.1 Å². The Morgan fingerprint density at radius 2 is 2.23 bits per heavy atom. The van der Waals surface area contributed by atoms with Crippen LogP contribution < -0.4 is 5.32 Å². The van der Waals surface area contributed by atoms with Crippen molar-refractivity contribution in [1.29, 1.82) is 0 Å². The van der Waals surface area contributed by atoms with E-state index in [1.807, 2.05) is 6.07 Å². The molecule has 2 aromatic rings. The summed E-state index contributed by atoms with van der Waals surface area (Å²) in [7, 11) is 1.61. The zero-order chi connectivity index (χ0) is 21.1. The predicted octanol–water partition coefficient (Wildman–Crippen LogP) is 2.53. The summed E-state index contributed by atoms with van der Waals surface area (Å²) in [5, 5.41) is 23.5. The summed E-state index contributed by atoms with van der Waals surface area (Å²) in [5.41, 5.74) is 1.48. The van der Waals surface area contributed by atoms with E-state index in [-0.39, 0.29) is 11.9 Å². The summed E-state index contributed by atoms with van der Waals surface area (Å²) in [6.45, 7) is 1.63. The second-order valence-corrected chi connectivity index (χ2v) is 8.13. The van der Waals surface area contributed by atoms with Crippen LogP contribution in [0.1, 0.15) is 54.2 Å². The van der Waals surface area contributed by atoms with Gasteiger partial charge in [-0.3, -0.25) is 14.6 Å². The van der Waals surface area contributed by atoms with E-state index in [9.17, 15) is 14.7 Å². The number of amides is 2.